The Morgan fingerprint density at radius 3 is 2.59 bits per heavy atom. The first-order valence-electron chi connectivity index (χ1n) is 9.00. The molecular weight excluding hydrogens is 418 g/mol. The van der Waals surface area contributed by atoms with Crippen molar-refractivity contribution in [2.45, 2.75) is 24.6 Å². The molecule has 2 aromatic carbocycles. The molecule has 0 aliphatic carbocycles. The van der Waals surface area contributed by atoms with Crippen LogP contribution in [0.5, 0.6) is 0 Å². The second-order valence-corrected chi connectivity index (χ2v) is 10.6. The van der Waals surface area contributed by atoms with Gasteiger partial charge in [-0.1, -0.05) is 30.0 Å². The predicted molar refractivity (Wildman–Crippen MR) is 110 cm³/mol. The highest BCUT2D eigenvalue weighted by Crippen LogP contribution is 2.41. The number of anilines is 1. The molecule has 2 unspecified atom stereocenters. The van der Waals surface area contributed by atoms with Crippen molar-refractivity contribution in [3.05, 3.63) is 65.2 Å². The van der Waals surface area contributed by atoms with E-state index < -0.39 is 27.6 Å². The van der Waals surface area contributed by atoms with E-state index >= 15 is 0 Å². The van der Waals surface area contributed by atoms with Crippen molar-refractivity contribution in [2.75, 3.05) is 16.4 Å². The van der Waals surface area contributed by atoms with E-state index in [1.807, 2.05) is 0 Å². The van der Waals surface area contributed by atoms with Gasteiger partial charge in [0.1, 0.15) is 11.6 Å². The van der Waals surface area contributed by atoms with E-state index in [1.54, 1.807) is 24.0 Å². The summed E-state index contributed by atoms with van der Waals surface area (Å²) in [5.41, 5.74) is 1.57. The number of sulfone groups is 1. The molecule has 2 saturated heterocycles. The number of benzene rings is 2. The number of halogens is 2. The largest absolute Gasteiger partial charge is 0.315 e. The average Bonchev–Trinajstić information content (AvgIpc) is 3.10. The molecule has 2 aromatic rings. The van der Waals surface area contributed by atoms with Crippen molar-refractivity contribution in [3.63, 3.8) is 0 Å². The van der Waals surface area contributed by atoms with Crippen LogP contribution in [0.2, 0.25) is 0 Å². The molecule has 0 radical (unpaired) electrons. The molecule has 2 atom stereocenters. The minimum Gasteiger partial charge on any atom is -0.315 e. The molecule has 0 aromatic heterocycles. The minimum absolute atomic E-state index is 0.00164. The Morgan fingerprint density at radius 2 is 1.90 bits per heavy atom. The van der Waals surface area contributed by atoms with Crippen molar-refractivity contribution in [2.24, 2.45) is 4.99 Å². The van der Waals surface area contributed by atoms with Crippen LogP contribution in [0, 0.1) is 18.6 Å². The second-order valence-electron chi connectivity index (χ2n) is 7.20. The molecule has 4 rings (SSSR count). The molecule has 29 heavy (non-hydrogen) atoms. The number of rotatable bonds is 3. The molecule has 2 aliphatic heterocycles. The Kier molecular flexibility index (Phi) is 5.20. The van der Waals surface area contributed by atoms with E-state index in [4.69, 9.17) is 0 Å². The number of amidine groups is 1. The average molecular weight is 437 g/mol. The molecule has 2 aliphatic rings. The van der Waals surface area contributed by atoms with Gasteiger partial charge in [0, 0.05) is 10.9 Å². The lowest BCUT2D eigenvalue weighted by atomic mass is 10.1. The summed E-state index contributed by atoms with van der Waals surface area (Å²) in [6, 6.07) is 9.84. The molecule has 5 nitrogen and oxygen atoms in total. The van der Waals surface area contributed by atoms with Gasteiger partial charge in [-0.2, -0.15) is 4.99 Å². The van der Waals surface area contributed by atoms with Crippen LogP contribution >= 0.6 is 11.8 Å². The van der Waals surface area contributed by atoms with Crippen molar-refractivity contribution >= 4 is 38.4 Å². The molecule has 0 N–H and O–H groups in total. The van der Waals surface area contributed by atoms with Crippen LogP contribution in [0.15, 0.2) is 47.5 Å². The number of thioether (sulfide) groups is 1. The number of aliphatic imine (C=N–C) groups is 1. The molecule has 0 saturated carbocycles. The van der Waals surface area contributed by atoms with Crippen LogP contribution in [0.4, 0.5) is 14.5 Å². The van der Waals surface area contributed by atoms with Crippen LogP contribution in [0.3, 0.4) is 0 Å². The fourth-order valence-corrected chi connectivity index (χ4v) is 7.45. The normalized spacial score (nSPS) is 24.1. The Morgan fingerprint density at radius 1 is 1.17 bits per heavy atom. The molecular formula is C20H18F2N2O3S2. The van der Waals surface area contributed by atoms with Gasteiger partial charge >= 0.3 is 0 Å². The summed E-state index contributed by atoms with van der Waals surface area (Å²) in [4.78, 5) is 18.3. The predicted octanol–water partition coefficient (Wildman–Crippen LogP) is 3.12. The number of hydrogen-bond acceptors (Lipinski definition) is 4. The van der Waals surface area contributed by atoms with Gasteiger partial charge in [-0.05, 0) is 42.3 Å². The van der Waals surface area contributed by atoms with Crippen molar-refractivity contribution in [3.8, 4) is 0 Å². The third-order valence-electron chi connectivity index (χ3n) is 4.99. The van der Waals surface area contributed by atoms with E-state index in [0.717, 1.165) is 0 Å². The summed E-state index contributed by atoms with van der Waals surface area (Å²) in [5.74, 6) is -1.29. The first-order chi connectivity index (χ1) is 13.7. The smallest absolute Gasteiger partial charge is 0.252 e. The number of fused-ring (bicyclic) bond motifs is 1. The molecule has 0 bridgehead atoms. The summed E-state index contributed by atoms with van der Waals surface area (Å²) in [6.45, 7) is 1.64. The molecule has 9 heteroatoms. The van der Waals surface area contributed by atoms with Crippen LogP contribution in [-0.4, -0.2) is 42.3 Å². The minimum atomic E-state index is -3.20. The third-order valence-corrected chi connectivity index (χ3v) is 8.20. The lowest BCUT2D eigenvalue weighted by Gasteiger charge is -2.24. The van der Waals surface area contributed by atoms with E-state index in [0.29, 0.717) is 22.0 Å². The molecule has 2 heterocycles. The summed E-state index contributed by atoms with van der Waals surface area (Å²) >= 11 is 1.23. The lowest BCUT2D eigenvalue weighted by molar-refractivity contribution is -0.117. The Hall–Kier alpha value is -2.26. The maximum atomic E-state index is 14.1. The zero-order valence-corrected chi connectivity index (χ0v) is 17.1. The number of hydrogen-bond donors (Lipinski definition) is 0. The second kappa shape index (κ2) is 7.53. The van der Waals surface area contributed by atoms with E-state index in [2.05, 4.69) is 4.99 Å². The number of carbonyl (C=O) groups excluding carboxylic acids is 1. The van der Waals surface area contributed by atoms with Crippen molar-refractivity contribution in [1.82, 2.24) is 0 Å². The number of carbonyl (C=O) groups is 1. The van der Waals surface area contributed by atoms with Gasteiger partial charge in [-0.15, -0.1) is 0 Å². The highest BCUT2D eigenvalue weighted by atomic mass is 32.2. The van der Waals surface area contributed by atoms with Gasteiger partial charge < -0.3 is 4.90 Å². The molecule has 2 fully saturated rings. The standard InChI is InChI=1S/C20H18F2N2O3S2/c1-12-2-7-15(9-16(12)22)24-17-10-29(26,27)11-18(17)28-20(24)23-19(25)8-13-3-5-14(21)6-4-13/h2-7,9,17-18H,8,10-11H2,1H3. The Balaban J connectivity index is 1.65. The highest BCUT2D eigenvalue weighted by molar-refractivity contribution is 8.16. The van der Waals surface area contributed by atoms with Crippen LogP contribution in [0.1, 0.15) is 11.1 Å². The topological polar surface area (TPSA) is 66.8 Å². The van der Waals surface area contributed by atoms with Gasteiger partial charge in [0.15, 0.2) is 15.0 Å². The van der Waals surface area contributed by atoms with Gasteiger partial charge in [0.05, 0.1) is 24.0 Å². The Labute approximate surface area is 171 Å². The highest BCUT2D eigenvalue weighted by Gasteiger charge is 2.49. The van der Waals surface area contributed by atoms with E-state index in [-0.39, 0.29) is 29.0 Å². The fraction of sp³-hybridized carbons (Fsp3) is 0.300. The van der Waals surface area contributed by atoms with Crippen LogP contribution in [0.25, 0.3) is 0 Å². The molecule has 0 spiro atoms. The number of nitrogens with zero attached hydrogens (tertiary/aromatic N) is 2. The van der Waals surface area contributed by atoms with E-state index in [1.165, 1.54) is 42.1 Å². The summed E-state index contributed by atoms with van der Waals surface area (Å²) < 4.78 is 51.4. The maximum Gasteiger partial charge on any atom is 0.252 e. The summed E-state index contributed by atoms with van der Waals surface area (Å²) in [6.07, 6.45) is -0.00588. The fourth-order valence-electron chi connectivity index (χ4n) is 3.52. The lowest BCUT2D eigenvalue weighted by Crippen LogP contribution is -2.37. The first-order valence-corrected chi connectivity index (χ1v) is 11.7. The number of amides is 1. The van der Waals surface area contributed by atoms with Crippen LogP contribution in [-0.2, 0) is 21.1 Å². The zero-order valence-electron chi connectivity index (χ0n) is 15.5. The van der Waals surface area contributed by atoms with Gasteiger partial charge in [0.2, 0.25) is 0 Å². The first kappa shape index (κ1) is 20.0. The quantitative estimate of drug-likeness (QED) is 0.740. The zero-order chi connectivity index (χ0) is 20.8. The maximum absolute atomic E-state index is 14.1. The van der Waals surface area contributed by atoms with Crippen molar-refractivity contribution < 1.29 is 22.0 Å². The van der Waals surface area contributed by atoms with Crippen LogP contribution < -0.4 is 4.90 Å². The molecule has 1 amide bonds. The molecule has 152 valence electrons. The summed E-state index contributed by atoms with van der Waals surface area (Å²) in [7, 11) is -3.20. The van der Waals surface area contributed by atoms with E-state index in [9.17, 15) is 22.0 Å². The monoisotopic (exact) mass is 436 g/mol. The van der Waals surface area contributed by atoms with Gasteiger partial charge in [-0.25, -0.2) is 17.2 Å². The number of aryl methyl sites for hydroxylation is 1. The summed E-state index contributed by atoms with van der Waals surface area (Å²) in [5, 5.41) is 0.104. The van der Waals surface area contributed by atoms with Gasteiger partial charge in [-0.3, -0.25) is 4.79 Å². The van der Waals surface area contributed by atoms with Gasteiger partial charge in [0.25, 0.3) is 5.91 Å². The van der Waals surface area contributed by atoms with Crippen molar-refractivity contribution in [1.29, 1.82) is 0 Å². The third kappa shape index (κ3) is 4.20. The SMILES string of the molecule is Cc1ccc(N2C(=NC(=O)Cc3ccc(F)cc3)SC3CS(=O)(=O)CC32)cc1F. The Bertz CT molecular complexity index is 1100.